The second-order valence-electron chi connectivity index (χ2n) is 5.46. The van der Waals surface area contributed by atoms with Gasteiger partial charge in [-0.3, -0.25) is 0 Å². The molecule has 21 heavy (non-hydrogen) atoms. The Balaban J connectivity index is 3.83. The quantitative estimate of drug-likeness (QED) is 0.212. The van der Waals surface area contributed by atoms with Crippen molar-refractivity contribution in [3.8, 4) is 0 Å². The standard InChI is InChI=1S/C13H17N5O2Si/c1-13(2,3)21(18-17-15,10-8-6-5-7-9-10)11(16-14)12(19)20-4/h5-9H,1-4H3. The smallest absolute Gasteiger partial charge is 0.410 e. The van der Waals surface area contributed by atoms with E-state index in [1.165, 1.54) is 7.11 Å². The molecule has 1 atom stereocenters. The molecule has 0 saturated heterocycles. The van der Waals surface area contributed by atoms with Gasteiger partial charge in [-0.2, -0.15) is 4.79 Å². The summed E-state index contributed by atoms with van der Waals surface area (Å²) in [7, 11) is -2.16. The highest BCUT2D eigenvalue weighted by molar-refractivity contribution is 7.21. The molecule has 1 unspecified atom stereocenters. The third-order valence-corrected chi connectivity index (χ3v) is 8.01. The molecule has 0 heterocycles. The van der Waals surface area contributed by atoms with Crippen LogP contribution in [0, 0.1) is 0 Å². The molecule has 110 valence electrons. The topological polar surface area (TPSA) is 111 Å². The molecule has 0 N–H and O–H groups in total. The SMILES string of the molecule is COC(=O)C(=[N+]=[N-])[Si](N=[N+]=[N-])(c1ccccc1)C(C)(C)C. The zero-order valence-electron chi connectivity index (χ0n) is 12.4. The maximum absolute atomic E-state index is 12.0. The van der Waals surface area contributed by atoms with Crippen molar-refractivity contribution in [1.29, 1.82) is 0 Å². The van der Waals surface area contributed by atoms with Gasteiger partial charge in [0, 0.05) is 0 Å². The maximum Gasteiger partial charge on any atom is 0.410 e. The van der Waals surface area contributed by atoms with Gasteiger partial charge in [-0.1, -0.05) is 51.1 Å². The van der Waals surface area contributed by atoms with Crippen LogP contribution >= 0.6 is 0 Å². The van der Waals surface area contributed by atoms with Gasteiger partial charge >= 0.3 is 19.5 Å². The lowest BCUT2D eigenvalue weighted by Gasteiger charge is -2.33. The zero-order valence-corrected chi connectivity index (χ0v) is 13.4. The fourth-order valence-corrected chi connectivity index (χ4v) is 6.00. The van der Waals surface area contributed by atoms with E-state index < -0.39 is 19.2 Å². The molecule has 0 aromatic heterocycles. The lowest BCUT2D eigenvalue weighted by Crippen LogP contribution is -2.63. The number of rotatable bonds is 4. The summed E-state index contributed by atoms with van der Waals surface area (Å²) in [6.45, 7) is 5.53. The summed E-state index contributed by atoms with van der Waals surface area (Å²) in [6.07, 6.45) is 0. The number of nitrogens with zero attached hydrogens (tertiary/aromatic N) is 5. The largest absolute Gasteiger partial charge is 0.461 e. The summed E-state index contributed by atoms with van der Waals surface area (Å²) >= 11 is 0. The minimum absolute atomic E-state index is 0.221. The summed E-state index contributed by atoms with van der Waals surface area (Å²) in [5, 5.41) is -0.147. The number of carbonyl (C=O) groups is 1. The molecule has 1 aromatic rings. The van der Waals surface area contributed by atoms with Crippen LogP contribution in [0.1, 0.15) is 20.8 Å². The lowest BCUT2D eigenvalue weighted by molar-refractivity contribution is -0.136. The van der Waals surface area contributed by atoms with Crippen LogP contribution in [0.2, 0.25) is 5.04 Å². The van der Waals surface area contributed by atoms with E-state index in [0.717, 1.165) is 0 Å². The monoisotopic (exact) mass is 303 g/mol. The highest BCUT2D eigenvalue weighted by Gasteiger charge is 2.60. The van der Waals surface area contributed by atoms with E-state index in [2.05, 4.69) is 14.5 Å². The summed E-state index contributed by atoms with van der Waals surface area (Å²) < 4.78 is 8.66. The molecular weight excluding hydrogens is 286 g/mol. The Bertz CT molecular complexity index is 628. The lowest BCUT2D eigenvalue weighted by atomic mass is 10.2. The molecule has 0 bridgehead atoms. The van der Waals surface area contributed by atoms with Gasteiger partial charge in [0.25, 0.3) is 0 Å². The molecule has 0 aliphatic carbocycles. The molecule has 1 rings (SSSR count). The van der Waals surface area contributed by atoms with Gasteiger partial charge in [-0.15, -0.1) is 4.78 Å². The van der Waals surface area contributed by atoms with Crippen molar-refractivity contribution in [2.75, 3.05) is 7.11 Å². The van der Waals surface area contributed by atoms with E-state index in [1.807, 2.05) is 26.8 Å². The number of carbonyl (C=O) groups excluding carboxylic acids is 1. The van der Waals surface area contributed by atoms with Gasteiger partial charge in [0.1, 0.15) is 0 Å². The first-order valence-electron chi connectivity index (χ1n) is 6.27. The molecule has 0 aliphatic rings. The van der Waals surface area contributed by atoms with Gasteiger partial charge in [0.15, 0.2) is 0 Å². The third-order valence-electron chi connectivity index (χ3n) is 3.29. The van der Waals surface area contributed by atoms with E-state index >= 15 is 0 Å². The summed E-state index contributed by atoms with van der Waals surface area (Å²) in [5.41, 5.74) is 18.4. The van der Waals surface area contributed by atoms with Gasteiger partial charge in [-0.05, 0) is 20.7 Å². The maximum atomic E-state index is 12.0. The number of hydrogen-bond acceptors (Lipinski definition) is 3. The Morgan fingerprint density at radius 2 is 1.81 bits per heavy atom. The number of methoxy groups -OCH3 is 1. The Kier molecular flexibility index (Phi) is 5.05. The third kappa shape index (κ3) is 2.87. The summed E-state index contributed by atoms with van der Waals surface area (Å²) in [5.74, 6) is -0.796. The number of esters is 1. The van der Waals surface area contributed by atoms with Crippen molar-refractivity contribution in [1.82, 2.24) is 0 Å². The minimum atomic E-state index is -3.35. The van der Waals surface area contributed by atoms with Crippen LogP contribution in [0.5, 0.6) is 0 Å². The Morgan fingerprint density at radius 3 is 2.19 bits per heavy atom. The van der Waals surface area contributed by atoms with Crippen LogP contribution in [0.15, 0.2) is 35.1 Å². The zero-order chi connectivity index (χ0) is 16.1. The predicted molar refractivity (Wildman–Crippen MR) is 81.3 cm³/mol. The van der Waals surface area contributed by atoms with Crippen LogP contribution in [0.4, 0.5) is 0 Å². The average Bonchev–Trinajstić information content (AvgIpc) is 2.46. The highest BCUT2D eigenvalue weighted by Crippen LogP contribution is 2.37. The fraction of sp³-hybridized carbons (Fsp3) is 0.385. The molecule has 0 amide bonds. The van der Waals surface area contributed by atoms with E-state index in [0.29, 0.717) is 5.19 Å². The van der Waals surface area contributed by atoms with Crippen LogP contribution in [-0.2, 0) is 9.53 Å². The highest BCUT2D eigenvalue weighted by atomic mass is 28.3. The second-order valence-corrected chi connectivity index (χ2v) is 9.63. The van der Waals surface area contributed by atoms with Gasteiger partial charge in [0.05, 0.1) is 7.11 Å². The van der Waals surface area contributed by atoms with Crippen molar-refractivity contribution in [3.63, 3.8) is 0 Å². The Labute approximate surface area is 123 Å². The number of ether oxygens (including phenoxy) is 1. The fourth-order valence-electron chi connectivity index (χ4n) is 2.28. The van der Waals surface area contributed by atoms with Crippen molar-refractivity contribution < 1.29 is 14.3 Å². The van der Waals surface area contributed by atoms with Crippen molar-refractivity contribution in [3.05, 3.63) is 46.3 Å². The molecule has 8 heteroatoms. The van der Waals surface area contributed by atoms with E-state index in [-0.39, 0.29) is 5.33 Å². The van der Waals surface area contributed by atoms with Crippen LogP contribution < -0.4 is 5.19 Å². The van der Waals surface area contributed by atoms with Crippen molar-refractivity contribution in [2.24, 2.45) is 4.78 Å². The number of benzene rings is 1. The van der Waals surface area contributed by atoms with Crippen LogP contribution in [0.25, 0.3) is 16.0 Å². The first-order valence-corrected chi connectivity index (χ1v) is 8.22. The first-order chi connectivity index (χ1) is 9.85. The molecule has 0 fully saturated rings. The molecular formula is C13H17N5O2Si. The Morgan fingerprint density at radius 1 is 1.24 bits per heavy atom. The normalized spacial score (nSPS) is 13.3. The molecule has 7 nitrogen and oxygen atoms in total. The average molecular weight is 303 g/mol. The molecule has 0 aliphatic heterocycles. The molecule has 1 aromatic carbocycles. The molecule has 0 saturated carbocycles. The summed E-state index contributed by atoms with van der Waals surface area (Å²) in [4.78, 5) is 18.1. The second kappa shape index (κ2) is 6.36. The van der Waals surface area contributed by atoms with Crippen LogP contribution in [-0.4, -0.2) is 31.4 Å². The van der Waals surface area contributed by atoms with Crippen molar-refractivity contribution >= 4 is 24.7 Å². The molecule has 0 spiro atoms. The molecule has 0 radical (unpaired) electrons. The van der Waals surface area contributed by atoms with Gasteiger partial charge in [-0.25, -0.2) is 4.79 Å². The van der Waals surface area contributed by atoms with E-state index in [1.54, 1.807) is 24.3 Å². The minimum Gasteiger partial charge on any atom is -0.461 e. The Hall–Kier alpha value is -2.40. The van der Waals surface area contributed by atoms with Gasteiger partial charge in [0.2, 0.25) is 0 Å². The first kappa shape index (κ1) is 16.7. The predicted octanol–water partition coefficient (Wildman–Crippen LogP) is 2.33. The van der Waals surface area contributed by atoms with Crippen molar-refractivity contribution in [2.45, 2.75) is 25.8 Å². The number of hydrogen-bond donors (Lipinski definition) is 0. The van der Waals surface area contributed by atoms with Gasteiger partial charge < -0.3 is 10.3 Å². The number of azide groups is 1. The van der Waals surface area contributed by atoms with E-state index in [4.69, 9.17) is 10.3 Å². The van der Waals surface area contributed by atoms with E-state index in [9.17, 15) is 10.3 Å². The van der Waals surface area contributed by atoms with Crippen LogP contribution in [0.3, 0.4) is 0 Å². The summed E-state index contributed by atoms with van der Waals surface area (Å²) in [6, 6.07) is 8.90.